The van der Waals surface area contributed by atoms with E-state index in [2.05, 4.69) is 70.9 Å². The molecule has 3 fully saturated rings. The zero-order valence-corrected chi connectivity index (χ0v) is 23.2. The topological polar surface area (TPSA) is 65.0 Å². The first kappa shape index (κ1) is 24.9. The molecule has 3 aromatic rings. The van der Waals surface area contributed by atoms with Crippen LogP contribution in [0.4, 0.5) is 0 Å². The number of phenolic OH excluding ortho intramolecular Hbond substituents is 1. The quantitative estimate of drug-likeness (QED) is 0.382. The average molecular weight is 537 g/mol. The van der Waals surface area contributed by atoms with Gasteiger partial charge in [-0.3, -0.25) is 4.90 Å². The summed E-state index contributed by atoms with van der Waals surface area (Å²) in [6.07, 6.45) is 7.86. The van der Waals surface area contributed by atoms with Crippen molar-refractivity contribution in [3.05, 3.63) is 94.5 Å². The molecule has 3 aliphatic carbocycles. The minimum Gasteiger partial charge on any atom is -0.504 e. The van der Waals surface area contributed by atoms with Gasteiger partial charge in [-0.25, -0.2) is 0 Å². The van der Waals surface area contributed by atoms with Crippen molar-refractivity contribution in [2.24, 2.45) is 5.92 Å². The number of phenols is 1. The van der Waals surface area contributed by atoms with Gasteiger partial charge >= 0.3 is 0 Å². The zero-order chi connectivity index (χ0) is 26.9. The van der Waals surface area contributed by atoms with Crippen molar-refractivity contribution in [1.82, 2.24) is 10.2 Å². The van der Waals surface area contributed by atoms with E-state index in [1.54, 1.807) is 6.07 Å². The highest BCUT2D eigenvalue weighted by atomic mass is 16.5. The fourth-order valence-corrected chi connectivity index (χ4v) is 8.83. The van der Waals surface area contributed by atoms with Gasteiger partial charge in [-0.15, -0.1) is 0 Å². The molecule has 5 heteroatoms. The Hall–Kier alpha value is -2.86. The Kier molecular flexibility index (Phi) is 5.81. The summed E-state index contributed by atoms with van der Waals surface area (Å²) < 4.78 is 6.75. The van der Waals surface area contributed by atoms with E-state index in [-0.39, 0.29) is 23.9 Å². The highest BCUT2D eigenvalue weighted by molar-refractivity contribution is 5.62. The molecular formula is C35H40N2O3. The first-order valence-corrected chi connectivity index (χ1v) is 15.4. The maximum atomic E-state index is 12.7. The molecule has 1 saturated heterocycles. The summed E-state index contributed by atoms with van der Waals surface area (Å²) in [6.45, 7) is 2.87. The maximum Gasteiger partial charge on any atom is 0.165 e. The molecule has 2 heterocycles. The number of aromatic hydroxyl groups is 1. The second-order valence-corrected chi connectivity index (χ2v) is 13.1. The molecule has 8 rings (SSSR count). The molecular weight excluding hydrogens is 496 g/mol. The number of rotatable bonds is 8. The lowest BCUT2D eigenvalue weighted by Crippen LogP contribution is -2.78. The van der Waals surface area contributed by atoms with Crippen LogP contribution < -0.4 is 10.1 Å². The van der Waals surface area contributed by atoms with Crippen LogP contribution in [0, 0.1) is 5.92 Å². The van der Waals surface area contributed by atoms with E-state index < -0.39 is 11.0 Å². The third kappa shape index (κ3) is 3.71. The van der Waals surface area contributed by atoms with Gasteiger partial charge in [0, 0.05) is 30.7 Å². The fourth-order valence-electron chi connectivity index (χ4n) is 8.83. The third-order valence-electron chi connectivity index (χ3n) is 11.0. The Balaban J connectivity index is 1.08. The number of aryl methyl sites for hydroxylation is 2. The number of likely N-dealkylation sites (tertiary alicyclic amines) is 1. The van der Waals surface area contributed by atoms with E-state index >= 15 is 0 Å². The molecule has 2 aliphatic heterocycles. The Bertz CT molecular complexity index is 1420. The highest BCUT2D eigenvalue weighted by Crippen LogP contribution is 2.65. The summed E-state index contributed by atoms with van der Waals surface area (Å²) in [5.74, 6) is 1.64. The molecule has 0 amide bonds. The number of ether oxygens (including phenoxy) is 1. The number of hydrogen-bond acceptors (Lipinski definition) is 5. The van der Waals surface area contributed by atoms with E-state index in [9.17, 15) is 10.2 Å². The number of hydrogen-bond donors (Lipinski definition) is 3. The molecule has 3 aromatic carbocycles. The van der Waals surface area contributed by atoms with Gasteiger partial charge in [0.1, 0.15) is 6.10 Å². The standard InChI is InChI=1S/C35H40N2O3/c38-29-15-14-26-20-30-35(39)17-16-28(33-34(35,31(26)32(29)40-33)18-19-37(30)22-24-10-11-24)36-21-27-9-5-4-8-25(27)13-12-23-6-2-1-3-7-23/h1-9,14-15,24,28,30,33,36,38-39H,10-13,16-22H2/t28-,30-,33+,34+,35-/m1/s1. The number of nitrogens with one attached hydrogen (secondary N) is 1. The van der Waals surface area contributed by atoms with E-state index in [1.165, 1.54) is 35.1 Å². The normalized spacial score (nSPS) is 32.0. The van der Waals surface area contributed by atoms with Crippen LogP contribution in [0.25, 0.3) is 0 Å². The SMILES string of the molecule is Oc1ccc2c3c1O[C@H]1[C@H](NCc4ccccc4CCc4ccccc4)CC[C@@]4(O)[C@@H](C2)N(CC2CC2)CC[C@]314. The number of benzene rings is 3. The van der Waals surface area contributed by atoms with Crippen molar-refractivity contribution < 1.29 is 14.9 Å². The molecule has 0 radical (unpaired) electrons. The van der Waals surface area contributed by atoms with Crippen LogP contribution in [-0.4, -0.2) is 52.0 Å². The van der Waals surface area contributed by atoms with Crippen molar-refractivity contribution in [1.29, 1.82) is 0 Å². The summed E-state index contributed by atoms with van der Waals surface area (Å²) in [6, 6.07) is 23.6. The summed E-state index contributed by atoms with van der Waals surface area (Å²) in [5.41, 5.74) is 5.14. The molecule has 2 bridgehead atoms. The van der Waals surface area contributed by atoms with Gasteiger partial charge in [0.15, 0.2) is 11.5 Å². The highest BCUT2D eigenvalue weighted by Gasteiger charge is 2.72. The van der Waals surface area contributed by atoms with Crippen LogP contribution in [0.15, 0.2) is 66.7 Å². The minimum absolute atomic E-state index is 0.107. The molecule has 1 spiro atoms. The largest absolute Gasteiger partial charge is 0.504 e. The molecule has 5 aliphatic rings. The molecule has 2 saturated carbocycles. The van der Waals surface area contributed by atoms with Crippen molar-refractivity contribution in [2.75, 3.05) is 13.1 Å². The smallest absolute Gasteiger partial charge is 0.165 e. The molecule has 0 unspecified atom stereocenters. The van der Waals surface area contributed by atoms with Crippen LogP contribution in [-0.2, 0) is 31.2 Å². The minimum atomic E-state index is -0.831. The van der Waals surface area contributed by atoms with Gasteiger partial charge in [-0.2, -0.15) is 0 Å². The van der Waals surface area contributed by atoms with Gasteiger partial charge in [0.25, 0.3) is 0 Å². The summed E-state index contributed by atoms with van der Waals surface area (Å²) in [5, 5.41) is 27.5. The fraction of sp³-hybridized carbons (Fsp3) is 0.486. The molecule has 3 N–H and O–H groups in total. The third-order valence-corrected chi connectivity index (χ3v) is 11.0. The predicted molar refractivity (Wildman–Crippen MR) is 156 cm³/mol. The van der Waals surface area contributed by atoms with Crippen LogP contribution in [0.2, 0.25) is 0 Å². The van der Waals surface area contributed by atoms with Gasteiger partial charge in [-0.1, -0.05) is 60.7 Å². The second kappa shape index (κ2) is 9.34. The van der Waals surface area contributed by atoms with Gasteiger partial charge in [-0.05, 0) is 92.1 Å². The lowest BCUT2D eigenvalue weighted by atomic mass is 9.48. The van der Waals surface area contributed by atoms with Gasteiger partial charge in [0.2, 0.25) is 0 Å². The Morgan fingerprint density at radius 1 is 0.900 bits per heavy atom. The molecule has 0 aromatic heterocycles. The van der Waals surface area contributed by atoms with Gasteiger partial charge in [0.05, 0.1) is 11.0 Å². The van der Waals surface area contributed by atoms with Gasteiger partial charge < -0.3 is 20.3 Å². The van der Waals surface area contributed by atoms with E-state index in [0.717, 1.165) is 69.6 Å². The summed E-state index contributed by atoms with van der Waals surface area (Å²) >= 11 is 0. The van der Waals surface area contributed by atoms with Crippen molar-refractivity contribution in [3.63, 3.8) is 0 Å². The number of aliphatic hydroxyl groups is 1. The lowest BCUT2D eigenvalue weighted by Gasteiger charge is -2.64. The first-order valence-electron chi connectivity index (χ1n) is 15.4. The molecule has 40 heavy (non-hydrogen) atoms. The number of nitrogens with zero attached hydrogens (tertiary/aromatic N) is 1. The Morgan fingerprint density at radius 3 is 2.52 bits per heavy atom. The van der Waals surface area contributed by atoms with E-state index in [1.807, 2.05) is 0 Å². The zero-order valence-electron chi connectivity index (χ0n) is 23.2. The van der Waals surface area contributed by atoms with Crippen LogP contribution in [0.1, 0.15) is 59.9 Å². The molecule has 5 nitrogen and oxygen atoms in total. The Morgan fingerprint density at radius 2 is 1.70 bits per heavy atom. The second-order valence-electron chi connectivity index (χ2n) is 13.1. The summed E-state index contributed by atoms with van der Waals surface area (Å²) in [7, 11) is 0. The van der Waals surface area contributed by atoms with Crippen molar-refractivity contribution in [2.45, 2.75) is 87.1 Å². The van der Waals surface area contributed by atoms with Crippen LogP contribution in [0.5, 0.6) is 11.5 Å². The molecule has 5 atom stereocenters. The van der Waals surface area contributed by atoms with E-state index in [0.29, 0.717) is 5.75 Å². The number of piperidine rings is 1. The van der Waals surface area contributed by atoms with E-state index in [4.69, 9.17) is 4.74 Å². The van der Waals surface area contributed by atoms with Crippen LogP contribution >= 0.6 is 0 Å². The summed E-state index contributed by atoms with van der Waals surface area (Å²) in [4.78, 5) is 2.60. The first-order chi connectivity index (χ1) is 19.6. The predicted octanol–water partition coefficient (Wildman–Crippen LogP) is 4.90. The maximum absolute atomic E-state index is 12.7. The lowest BCUT2D eigenvalue weighted by molar-refractivity contribution is -0.191. The molecule has 208 valence electrons. The van der Waals surface area contributed by atoms with Crippen molar-refractivity contribution >= 4 is 0 Å². The monoisotopic (exact) mass is 536 g/mol. The Labute approximate surface area is 237 Å². The van der Waals surface area contributed by atoms with Crippen LogP contribution in [0.3, 0.4) is 0 Å². The van der Waals surface area contributed by atoms with Crippen molar-refractivity contribution in [3.8, 4) is 11.5 Å². The average Bonchev–Trinajstić information content (AvgIpc) is 3.72.